The van der Waals surface area contributed by atoms with Gasteiger partial charge in [0, 0.05) is 24.2 Å². The zero-order valence-corrected chi connectivity index (χ0v) is 14.7. The number of anilines is 2. The number of benzene rings is 2. The van der Waals surface area contributed by atoms with E-state index in [0.29, 0.717) is 5.69 Å². The molecule has 0 aliphatic rings. The zero-order valence-electron chi connectivity index (χ0n) is 13.9. The van der Waals surface area contributed by atoms with Crippen LogP contribution in [-0.4, -0.2) is 19.2 Å². The van der Waals surface area contributed by atoms with E-state index in [9.17, 15) is 23.3 Å². The highest BCUT2D eigenvalue weighted by molar-refractivity contribution is 7.92. The molecule has 9 heteroatoms. The maximum atomic E-state index is 12.6. The van der Waals surface area contributed by atoms with Gasteiger partial charge in [0.15, 0.2) is 0 Å². The highest BCUT2D eigenvalue weighted by Gasteiger charge is 2.23. The molecule has 0 radical (unpaired) electrons. The topological polar surface area (TPSA) is 118 Å². The second-order valence-electron chi connectivity index (χ2n) is 5.47. The minimum atomic E-state index is -4.03. The first-order valence-corrected chi connectivity index (χ1v) is 8.75. The standard InChI is InChI=1S/C16H17N3O5S/c1-10-7-8-13(9-14(10)17-12(3)20)18-25(23,24)16-6-4-5-15(11(16)2)19(21)22/h4-9,18H,1-3H3,(H,17,20). The van der Waals surface area contributed by atoms with Crippen molar-refractivity contribution >= 4 is 33.0 Å². The van der Waals surface area contributed by atoms with E-state index in [1.54, 1.807) is 19.1 Å². The molecule has 2 rings (SSSR count). The van der Waals surface area contributed by atoms with Crippen molar-refractivity contribution in [2.45, 2.75) is 25.7 Å². The van der Waals surface area contributed by atoms with Gasteiger partial charge < -0.3 is 5.32 Å². The van der Waals surface area contributed by atoms with E-state index in [-0.39, 0.29) is 27.7 Å². The monoisotopic (exact) mass is 363 g/mol. The lowest BCUT2D eigenvalue weighted by molar-refractivity contribution is -0.385. The third-order valence-corrected chi connectivity index (χ3v) is 5.07. The van der Waals surface area contributed by atoms with E-state index >= 15 is 0 Å². The minimum Gasteiger partial charge on any atom is -0.326 e. The second kappa shape index (κ2) is 6.89. The van der Waals surface area contributed by atoms with Crippen LogP contribution >= 0.6 is 0 Å². The van der Waals surface area contributed by atoms with E-state index in [1.165, 1.54) is 38.1 Å². The molecule has 25 heavy (non-hydrogen) atoms. The van der Waals surface area contributed by atoms with Crippen LogP contribution in [-0.2, 0) is 14.8 Å². The summed E-state index contributed by atoms with van der Waals surface area (Å²) in [5.41, 5.74) is 1.26. The van der Waals surface area contributed by atoms with E-state index in [0.717, 1.165) is 5.56 Å². The Hall–Kier alpha value is -2.94. The molecule has 0 bridgehead atoms. The molecular weight excluding hydrogens is 346 g/mol. The molecule has 1 amide bonds. The van der Waals surface area contributed by atoms with Gasteiger partial charge >= 0.3 is 0 Å². The molecule has 0 unspecified atom stereocenters. The predicted molar refractivity (Wildman–Crippen MR) is 94.1 cm³/mol. The summed E-state index contributed by atoms with van der Waals surface area (Å²) in [5, 5.41) is 13.6. The van der Waals surface area contributed by atoms with E-state index in [4.69, 9.17) is 0 Å². The van der Waals surface area contributed by atoms with Gasteiger partial charge in [-0.15, -0.1) is 0 Å². The van der Waals surface area contributed by atoms with Gasteiger partial charge in [-0.05, 0) is 37.6 Å². The first-order valence-electron chi connectivity index (χ1n) is 7.27. The summed E-state index contributed by atoms with van der Waals surface area (Å²) in [4.78, 5) is 21.4. The van der Waals surface area contributed by atoms with Gasteiger partial charge in [-0.2, -0.15) is 0 Å². The summed E-state index contributed by atoms with van der Waals surface area (Å²) in [6.07, 6.45) is 0. The molecule has 0 fully saturated rings. The predicted octanol–water partition coefficient (Wildman–Crippen LogP) is 2.97. The number of hydrogen-bond donors (Lipinski definition) is 2. The number of rotatable bonds is 5. The molecule has 0 aromatic heterocycles. The van der Waals surface area contributed by atoms with Gasteiger partial charge in [0.2, 0.25) is 5.91 Å². The van der Waals surface area contributed by atoms with E-state index < -0.39 is 14.9 Å². The molecule has 0 aliphatic heterocycles. The summed E-state index contributed by atoms with van der Waals surface area (Å²) in [6, 6.07) is 8.55. The van der Waals surface area contributed by atoms with Crippen molar-refractivity contribution in [3.05, 3.63) is 57.6 Å². The number of carbonyl (C=O) groups excluding carboxylic acids is 1. The lowest BCUT2D eigenvalue weighted by Crippen LogP contribution is -2.15. The molecule has 0 spiro atoms. The van der Waals surface area contributed by atoms with Crippen LogP contribution in [0.25, 0.3) is 0 Å². The van der Waals surface area contributed by atoms with Gasteiger partial charge in [-0.1, -0.05) is 12.1 Å². The number of sulfonamides is 1. The fraction of sp³-hybridized carbons (Fsp3) is 0.188. The molecule has 0 atom stereocenters. The van der Waals surface area contributed by atoms with Crippen LogP contribution in [0.4, 0.5) is 17.1 Å². The van der Waals surface area contributed by atoms with Crippen molar-refractivity contribution in [1.82, 2.24) is 0 Å². The number of amides is 1. The van der Waals surface area contributed by atoms with Crippen LogP contribution in [0, 0.1) is 24.0 Å². The van der Waals surface area contributed by atoms with E-state index in [2.05, 4.69) is 10.0 Å². The van der Waals surface area contributed by atoms with Crippen LogP contribution in [0.3, 0.4) is 0 Å². The fourth-order valence-electron chi connectivity index (χ4n) is 2.31. The summed E-state index contributed by atoms with van der Waals surface area (Å²) >= 11 is 0. The molecular formula is C16H17N3O5S. The van der Waals surface area contributed by atoms with Gasteiger partial charge in [-0.3, -0.25) is 19.6 Å². The van der Waals surface area contributed by atoms with Crippen LogP contribution < -0.4 is 10.0 Å². The van der Waals surface area contributed by atoms with Gasteiger partial charge in [0.1, 0.15) is 0 Å². The quantitative estimate of drug-likeness (QED) is 0.625. The van der Waals surface area contributed by atoms with Crippen molar-refractivity contribution in [3.63, 3.8) is 0 Å². The molecule has 0 aliphatic carbocycles. The number of carbonyl (C=O) groups is 1. The lowest BCUT2D eigenvalue weighted by atomic mass is 10.2. The highest BCUT2D eigenvalue weighted by atomic mass is 32.2. The third kappa shape index (κ3) is 4.13. The molecule has 2 aromatic carbocycles. The second-order valence-corrected chi connectivity index (χ2v) is 7.12. The third-order valence-electron chi connectivity index (χ3n) is 3.54. The van der Waals surface area contributed by atoms with Crippen LogP contribution in [0.1, 0.15) is 18.1 Å². The summed E-state index contributed by atoms with van der Waals surface area (Å²) in [5.74, 6) is -0.280. The number of nitro benzene ring substituents is 1. The van der Waals surface area contributed by atoms with Crippen LogP contribution in [0.5, 0.6) is 0 Å². The maximum absolute atomic E-state index is 12.6. The fourth-order valence-corrected chi connectivity index (χ4v) is 3.62. The molecule has 8 nitrogen and oxygen atoms in total. The molecule has 0 heterocycles. The molecule has 2 aromatic rings. The first kappa shape index (κ1) is 18.4. The number of aryl methyl sites for hydroxylation is 1. The Morgan fingerprint density at radius 2 is 1.84 bits per heavy atom. The Bertz CT molecular complexity index is 954. The van der Waals surface area contributed by atoms with Crippen LogP contribution in [0.2, 0.25) is 0 Å². The number of nitro groups is 1. The molecule has 0 saturated carbocycles. The van der Waals surface area contributed by atoms with Gasteiger partial charge in [0.25, 0.3) is 15.7 Å². The Morgan fingerprint density at radius 1 is 1.16 bits per heavy atom. The Morgan fingerprint density at radius 3 is 2.44 bits per heavy atom. The molecule has 132 valence electrons. The van der Waals surface area contributed by atoms with E-state index in [1.807, 2.05) is 0 Å². The number of hydrogen-bond acceptors (Lipinski definition) is 5. The normalized spacial score (nSPS) is 11.0. The smallest absolute Gasteiger partial charge is 0.273 e. The van der Waals surface area contributed by atoms with Crippen molar-refractivity contribution < 1.29 is 18.1 Å². The maximum Gasteiger partial charge on any atom is 0.273 e. The number of nitrogens with one attached hydrogen (secondary N) is 2. The van der Waals surface area contributed by atoms with Gasteiger partial charge in [-0.25, -0.2) is 8.42 Å². The minimum absolute atomic E-state index is 0.0502. The molecule has 0 saturated heterocycles. The highest BCUT2D eigenvalue weighted by Crippen LogP contribution is 2.27. The lowest BCUT2D eigenvalue weighted by Gasteiger charge is -2.13. The van der Waals surface area contributed by atoms with Crippen LogP contribution in [0.15, 0.2) is 41.3 Å². The summed E-state index contributed by atoms with van der Waals surface area (Å²) < 4.78 is 27.6. The van der Waals surface area contributed by atoms with Crippen molar-refractivity contribution in [3.8, 4) is 0 Å². The zero-order chi connectivity index (χ0) is 18.8. The summed E-state index contributed by atoms with van der Waals surface area (Å²) in [7, 11) is -4.03. The van der Waals surface area contributed by atoms with Crippen molar-refractivity contribution in [2.75, 3.05) is 10.0 Å². The largest absolute Gasteiger partial charge is 0.326 e. The Kier molecular flexibility index (Phi) is 5.07. The Balaban J connectivity index is 2.42. The van der Waals surface area contributed by atoms with Gasteiger partial charge in [0.05, 0.1) is 15.5 Å². The SMILES string of the molecule is CC(=O)Nc1cc(NS(=O)(=O)c2cccc([N+](=O)[O-])c2C)ccc1C. The average molecular weight is 363 g/mol. The Labute approximate surface area is 145 Å². The van der Waals surface area contributed by atoms with Crippen molar-refractivity contribution in [2.24, 2.45) is 0 Å². The van der Waals surface area contributed by atoms with Crippen molar-refractivity contribution in [1.29, 1.82) is 0 Å². The average Bonchev–Trinajstić information content (AvgIpc) is 2.49. The number of nitrogens with zero attached hydrogens (tertiary/aromatic N) is 1. The molecule has 2 N–H and O–H groups in total. The summed E-state index contributed by atoms with van der Waals surface area (Å²) in [6.45, 7) is 4.50. The first-order chi connectivity index (χ1) is 11.6.